The second kappa shape index (κ2) is 8.71. The van der Waals surface area contributed by atoms with Crippen LogP contribution in [0.3, 0.4) is 0 Å². The number of aliphatic hydroxyl groups excluding tert-OH is 3. The minimum Gasteiger partial charge on any atom is -0.396 e. The molecule has 4 heterocycles. The summed E-state index contributed by atoms with van der Waals surface area (Å²) in [5.74, 6) is 0.404. The van der Waals surface area contributed by atoms with Gasteiger partial charge in [-0.1, -0.05) is 0 Å². The number of nitrogens with zero attached hydrogens (tertiary/aromatic N) is 5. The molecule has 0 spiro atoms. The normalized spacial score (nSPS) is 22.8. The summed E-state index contributed by atoms with van der Waals surface area (Å²) in [4.78, 5) is 22.0. The molecule has 0 amide bonds. The molecule has 10 nitrogen and oxygen atoms in total. The lowest BCUT2D eigenvalue weighted by Crippen LogP contribution is -2.35. The van der Waals surface area contributed by atoms with Crippen LogP contribution >= 0.6 is 11.3 Å². The van der Waals surface area contributed by atoms with Crippen molar-refractivity contribution in [2.75, 3.05) is 17.2 Å². The Morgan fingerprint density at radius 1 is 1.03 bits per heavy atom. The van der Waals surface area contributed by atoms with E-state index in [0.717, 1.165) is 15.9 Å². The van der Waals surface area contributed by atoms with Crippen molar-refractivity contribution in [2.45, 2.75) is 24.7 Å². The average Bonchev–Trinajstić information content (AvgIpc) is 3.36. The second-order valence-corrected chi connectivity index (χ2v) is 8.63. The fraction of sp³-hybridized carbons (Fsp3) is 0.286. The molecule has 4 aromatic rings. The maximum Gasteiger partial charge on any atom is 0.229 e. The van der Waals surface area contributed by atoms with E-state index in [1.165, 1.54) is 11.3 Å². The van der Waals surface area contributed by atoms with E-state index in [9.17, 15) is 15.3 Å². The van der Waals surface area contributed by atoms with Gasteiger partial charge in [0, 0.05) is 37.3 Å². The predicted octanol–water partition coefficient (Wildman–Crippen LogP) is 1.80. The summed E-state index contributed by atoms with van der Waals surface area (Å²) in [6.45, 7) is -0.203. The molecule has 0 unspecified atom stereocenters. The summed E-state index contributed by atoms with van der Waals surface area (Å²) in [5, 5.41) is 37.3. The summed E-state index contributed by atoms with van der Waals surface area (Å²) in [5.41, 5.74) is 2.21. The highest BCUT2D eigenvalue weighted by Crippen LogP contribution is 2.36. The van der Waals surface area contributed by atoms with E-state index in [-0.39, 0.29) is 6.61 Å². The molecule has 1 saturated carbocycles. The molecule has 0 aliphatic heterocycles. The minimum absolute atomic E-state index is 0.203. The lowest BCUT2D eigenvalue weighted by atomic mass is 10.1. The minimum atomic E-state index is -1.04. The molecule has 0 bridgehead atoms. The second-order valence-electron chi connectivity index (χ2n) is 7.60. The molecule has 4 aromatic heterocycles. The van der Waals surface area contributed by atoms with Crippen molar-refractivity contribution in [1.29, 1.82) is 0 Å². The topological polar surface area (TPSA) is 149 Å². The van der Waals surface area contributed by atoms with Gasteiger partial charge in [0.25, 0.3) is 0 Å². The van der Waals surface area contributed by atoms with Crippen molar-refractivity contribution < 1.29 is 15.3 Å². The monoisotopic (exact) mass is 451 g/mol. The van der Waals surface area contributed by atoms with Crippen LogP contribution in [-0.2, 0) is 0 Å². The molecule has 5 N–H and O–H groups in total. The van der Waals surface area contributed by atoms with Crippen molar-refractivity contribution in [3.05, 3.63) is 49.2 Å². The maximum absolute atomic E-state index is 10.5. The highest BCUT2D eigenvalue weighted by atomic mass is 32.1. The molecule has 11 heteroatoms. The summed E-state index contributed by atoms with van der Waals surface area (Å²) in [7, 11) is 0. The molecule has 0 aromatic carbocycles. The Hall–Kier alpha value is -3.25. The van der Waals surface area contributed by atoms with Gasteiger partial charge >= 0.3 is 0 Å². The quantitative estimate of drug-likeness (QED) is 0.294. The van der Waals surface area contributed by atoms with Crippen LogP contribution in [0.5, 0.6) is 0 Å². The van der Waals surface area contributed by atoms with E-state index in [2.05, 4.69) is 35.6 Å². The van der Waals surface area contributed by atoms with Crippen molar-refractivity contribution in [3.8, 4) is 10.6 Å². The summed E-state index contributed by atoms with van der Waals surface area (Å²) < 4.78 is 0.933. The number of thiazole rings is 1. The Labute approximate surface area is 187 Å². The first kappa shape index (κ1) is 20.6. The van der Waals surface area contributed by atoms with Gasteiger partial charge in [0.15, 0.2) is 0 Å². The first-order chi connectivity index (χ1) is 15.6. The van der Waals surface area contributed by atoms with Gasteiger partial charge in [-0.2, -0.15) is 4.98 Å². The lowest BCUT2D eigenvalue weighted by Gasteiger charge is -2.20. The number of rotatable bonds is 6. The van der Waals surface area contributed by atoms with Crippen molar-refractivity contribution >= 4 is 39.0 Å². The Morgan fingerprint density at radius 3 is 2.66 bits per heavy atom. The highest BCUT2D eigenvalue weighted by molar-refractivity contribution is 7.21. The third-order valence-corrected chi connectivity index (χ3v) is 6.53. The van der Waals surface area contributed by atoms with Gasteiger partial charge in [0.1, 0.15) is 16.9 Å². The Bertz CT molecular complexity index is 1190. The number of hydrogen-bond donors (Lipinski definition) is 5. The van der Waals surface area contributed by atoms with Gasteiger partial charge in [-0.05, 0) is 24.6 Å². The number of fused-ring (bicyclic) bond motifs is 1. The number of hydrogen-bond acceptors (Lipinski definition) is 11. The van der Waals surface area contributed by atoms with E-state index in [0.29, 0.717) is 28.8 Å². The molecule has 0 radical (unpaired) electrons. The third-order valence-electron chi connectivity index (χ3n) is 5.49. The largest absolute Gasteiger partial charge is 0.396 e. The fourth-order valence-electron chi connectivity index (χ4n) is 3.79. The molecular formula is C21H21N7O3S. The number of pyridine rings is 2. The molecule has 1 fully saturated rings. The molecule has 0 saturated heterocycles. The van der Waals surface area contributed by atoms with Crippen LogP contribution in [0.4, 0.5) is 17.5 Å². The molecule has 164 valence electrons. The average molecular weight is 452 g/mol. The van der Waals surface area contributed by atoms with Crippen LogP contribution in [0.2, 0.25) is 0 Å². The number of aromatic nitrogens is 5. The van der Waals surface area contributed by atoms with Crippen LogP contribution < -0.4 is 10.6 Å². The van der Waals surface area contributed by atoms with Gasteiger partial charge in [-0.15, -0.1) is 11.3 Å². The van der Waals surface area contributed by atoms with E-state index >= 15 is 0 Å². The van der Waals surface area contributed by atoms with E-state index in [1.54, 1.807) is 37.1 Å². The van der Waals surface area contributed by atoms with Gasteiger partial charge in [-0.25, -0.2) is 9.97 Å². The van der Waals surface area contributed by atoms with Crippen LogP contribution in [0.15, 0.2) is 49.2 Å². The standard InChI is InChI=1S/C21H21N7O3S/c29-10-11-6-15(18(31)17(11)30)26-19-13(20-27-14-3-5-23-9-16(14)32-20)8-24-21(28-19)25-12-2-1-4-22-7-12/h1-5,7-9,11,15,17-18,29-31H,6,10H2,(H2,24,25,26,28)/t11-,15-,17-,18+/m1/s1. The van der Waals surface area contributed by atoms with E-state index in [1.807, 2.05) is 12.1 Å². The first-order valence-corrected chi connectivity index (χ1v) is 10.9. The Balaban J connectivity index is 1.52. The molecule has 32 heavy (non-hydrogen) atoms. The molecule has 4 atom stereocenters. The van der Waals surface area contributed by atoms with Gasteiger partial charge < -0.3 is 26.0 Å². The van der Waals surface area contributed by atoms with Crippen LogP contribution in [0.1, 0.15) is 6.42 Å². The predicted molar refractivity (Wildman–Crippen MR) is 121 cm³/mol. The van der Waals surface area contributed by atoms with Crippen molar-refractivity contribution in [2.24, 2.45) is 5.92 Å². The maximum atomic E-state index is 10.5. The summed E-state index contributed by atoms with van der Waals surface area (Å²) in [6, 6.07) is 5.00. The Morgan fingerprint density at radius 2 is 1.91 bits per heavy atom. The Kier molecular flexibility index (Phi) is 5.62. The highest BCUT2D eigenvalue weighted by Gasteiger charge is 2.41. The summed E-state index contributed by atoms with van der Waals surface area (Å²) >= 11 is 1.46. The number of aliphatic hydroxyl groups is 3. The molecule has 5 rings (SSSR count). The first-order valence-electron chi connectivity index (χ1n) is 10.1. The molecule has 1 aliphatic carbocycles. The van der Waals surface area contributed by atoms with Gasteiger partial charge in [-0.3, -0.25) is 9.97 Å². The zero-order valence-corrected chi connectivity index (χ0v) is 17.6. The summed E-state index contributed by atoms with van der Waals surface area (Å²) in [6.07, 6.45) is 6.80. The zero-order valence-electron chi connectivity index (χ0n) is 16.8. The van der Waals surface area contributed by atoms with Gasteiger partial charge in [0.2, 0.25) is 5.95 Å². The van der Waals surface area contributed by atoms with E-state index in [4.69, 9.17) is 0 Å². The zero-order chi connectivity index (χ0) is 22.1. The molecular weight excluding hydrogens is 430 g/mol. The SMILES string of the molecule is OC[C@H]1C[C@@H](Nc2nc(Nc3cccnc3)ncc2-c2nc3ccncc3s2)[C@H](O)[C@@H]1O. The lowest BCUT2D eigenvalue weighted by molar-refractivity contribution is 0.00446. The van der Waals surface area contributed by atoms with Crippen molar-refractivity contribution in [3.63, 3.8) is 0 Å². The fourth-order valence-corrected chi connectivity index (χ4v) is 4.74. The molecule has 1 aliphatic rings. The van der Waals surface area contributed by atoms with Gasteiger partial charge in [0.05, 0.1) is 39.8 Å². The van der Waals surface area contributed by atoms with Crippen molar-refractivity contribution in [1.82, 2.24) is 24.9 Å². The van der Waals surface area contributed by atoms with E-state index < -0.39 is 24.2 Å². The smallest absolute Gasteiger partial charge is 0.229 e. The van der Waals surface area contributed by atoms with Crippen LogP contribution in [0.25, 0.3) is 20.8 Å². The third kappa shape index (κ3) is 3.98. The number of anilines is 3. The van der Waals surface area contributed by atoms with Crippen LogP contribution in [-0.4, -0.2) is 65.1 Å². The van der Waals surface area contributed by atoms with Crippen LogP contribution in [0, 0.1) is 5.92 Å². The number of nitrogens with one attached hydrogen (secondary N) is 2.